The van der Waals surface area contributed by atoms with E-state index in [9.17, 15) is 20.4 Å². The maximum Gasteiger partial charge on any atom is 0.141 e. The van der Waals surface area contributed by atoms with Crippen LogP contribution in [0.2, 0.25) is 0 Å². The van der Waals surface area contributed by atoms with E-state index in [1.807, 2.05) is 6.08 Å². The number of aromatic hydroxyl groups is 1. The molecule has 1 heterocycles. The molecule has 1 aromatic rings. The molecule has 0 aliphatic carbocycles. The van der Waals surface area contributed by atoms with Gasteiger partial charge in [-0.1, -0.05) is 76.9 Å². The Hall–Kier alpha value is -1.47. The van der Waals surface area contributed by atoms with Gasteiger partial charge >= 0.3 is 0 Å². The number of aryl methyl sites for hydroxylation is 1. The lowest BCUT2D eigenvalue weighted by Crippen LogP contribution is -2.42. The highest BCUT2D eigenvalue weighted by atomic mass is 16.3. The monoisotopic (exact) mass is 450 g/mol. The summed E-state index contributed by atoms with van der Waals surface area (Å²) in [7, 11) is 0. The van der Waals surface area contributed by atoms with E-state index in [1.165, 1.54) is 70.4 Å². The van der Waals surface area contributed by atoms with Crippen LogP contribution in [0.1, 0.15) is 101 Å². The van der Waals surface area contributed by atoms with Crippen LogP contribution < -0.4 is 5.32 Å². The molecule has 1 aromatic heterocycles. The summed E-state index contributed by atoms with van der Waals surface area (Å²) in [5, 5.41) is 42.9. The predicted octanol–water partition coefficient (Wildman–Crippen LogP) is 4.66. The van der Waals surface area contributed by atoms with Gasteiger partial charge in [-0.3, -0.25) is 4.98 Å². The molecule has 184 valence electrons. The van der Waals surface area contributed by atoms with Crippen LogP contribution in [0, 0.1) is 6.92 Å². The molecule has 0 saturated heterocycles. The number of unbranched alkanes of at least 4 members (excludes halogenated alkanes) is 10. The zero-order valence-electron chi connectivity index (χ0n) is 20.2. The number of allylic oxidation sites excluding steroid dienone is 1. The molecule has 0 spiro atoms. The molecule has 5 N–H and O–H groups in total. The molecule has 2 atom stereocenters. The molecular weight excluding hydrogens is 404 g/mol. The molecule has 0 aliphatic rings. The molecule has 0 unspecified atom stereocenters. The van der Waals surface area contributed by atoms with Crippen LogP contribution in [0.25, 0.3) is 0 Å². The Morgan fingerprint density at radius 2 is 1.59 bits per heavy atom. The normalized spacial score (nSPS) is 13.7. The fraction of sp³-hybridized carbons (Fsp3) is 0.731. The van der Waals surface area contributed by atoms with Crippen LogP contribution in [-0.4, -0.2) is 44.2 Å². The topological polar surface area (TPSA) is 106 Å². The predicted molar refractivity (Wildman–Crippen MR) is 130 cm³/mol. The van der Waals surface area contributed by atoms with Gasteiger partial charge in [0.25, 0.3) is 0 Å². The van der Waals surface area contributed by atoms with Crippen molar-refractivity contribution in [1.29, 1.82) is 0 Å². The van der Waals surface area contributed by atoms with E-state index in [4.69, 9.17) is 0 Å². The van der Waals surface area contributed by atoms with Gasteiger partial charge in [-0.25, -0.2) is 0 Å². The summed E-state index contributed by atoms with van der Waals surface area (Å²) in [6.45, 7) is 3.73. The number of aromatic nitrogens is 1. The van der Waals surface area contributed by atoms with Crippen molar-refractivity contribution < 1.29 is 20.4 Å². The smallest absolute Gasteiger partial charge is 0.141 e. The van der Waals surface area contributed by atoms with Gasteiger partial charge in [0, 0.05) is 23.9 Å². The number of rotatable bonds is 19. The number of pyridine rings is 1. The summed E-state index contributed by atoms with van der Waals surface area (Å²) in [6.07, 6.45) is 19.6. The van der Waals surface area contributed by atoms with Gasteiger partial charge in [-0.2, -0.15) is 0 Å². The van der Waals surface area contributed by atoms with E-state index in [1.54, 1.807) is 6.92 Å². The van der Waals surface area contributed by atoms with Gasteiger partial charge in [-0.05, 0) is 26.2 Å². The molecule has 0 saturated carbocycles. The van der Waals surface area contributed by atoms with Crippen LogP contribution in [0.4, 0.5) is 0 Å². The van der Waals surface area contributed by atoms with Crippen molar-refractivity contribution in [3.63, 3.8) is 0 Å². The second-order valence-electron chi connectivity index (χ2n) is 8.77. The van der Waals surface area contributed by atoms with Gasteiger partial charge in [0.15, 0.2) is 0 Å². The minimum Gasteiger partial charge on any atom is -0.506 e. The van der Waals surface area contributed by atoms with Crippen LogP contribution in [-0.2, 0) is 13.2 Å². The molecule has 0 aromatic carbocycles. The first-order valence-corrected chi connectivity index (χ1v) is 12.5. The first-order valence-electron chi connectivity index (χ1n) is 12.5. The third-order valence-corrected chi connectivity index (χ3v) is 6.07. The first kappa shape index (κ1) is 28.6. The molecule has 0 aliphatic heterocycles. The van der Waals surface area contributed by atoms with Gasteiger partial charge in [-0.15, -0.1) is 0 Å². The highest BCUT2D eigenvalue weighted by Gasteiger charge is 2.19. The highest BCUT2D eigenvalue weighted by molar-refractivity contribution is 5.40. The van der Waals surface area contributed by atoms with Crippen LogP contribution in [0.15, 0.2) is 18.3 Å². The SMILES string of the molecule is CCCCCCCCCCCC/C=C/C[C@@H](O)[C@H](CO)NCc1c(CO)cnc(C)c1O. The third kappa shape index (κ3) is 11.4. The summed E-state index contributed by atoms with van der Waals surface area (Å²) < 4.78 is 0. The zero-order chi connectivity index (χ0) is 23.6. The molecule has 0 bridgehead atoms. The molecule has 32 heavy (non-hydrogen) atoms. The van der Waals surface area contributed by atoms with Gasteiger partial charge in [0.05, 0.1) is 31.1 Å². The lowest BCUT2D eigenvalue weighted by Gasteiger charge is -2.22. The summed E-state index contributed by atoms with van der Waals surface area (Å²) in [5.41, 5.74) is 1.56. The Morgan fingerprint density at radius 3 is 2.19 bits per heavy atom. The lowest BCUT2D eigenvalue weighted by molar-refractivity contribution is 0.0910. The van der Waals surface area contributed by atoms with E-state index in [0.29, 0.717) is 23.2 Å². The number of aliphatic hydroxyl groups is 3. The largest absolute Gasteiger partial charge is 0.506 e. The standard InChI is InChI=1S/C26H46N2O4/c1-3-4-5-6-7-8-9-10-11-12-13-14-15-16-25(31)24(20-30)28-18-23-22(19-29)17-27-21(2)26(23)32/h14-15,17,24-25,28-32H,3-13,16,18-20H2,1-2H3/b15-14+/t24-,25+/m0/s1. The highest BCUT2D eigenvalue weighted by Crippen LogP contribution is 2.24. The van der Waals surface area contributed by atoms with E-state index in [0.717, 1.165) is 6.42 Å². The number of hydrogen-bond donors (Lipinski definition) is 5. The second-order valence-corrected chi connectivity index (χ2v) is 8.77. The fourth-order valence-electron chi connectivity index (χ4n) is 3.84. The van der Waals surface area contributed by atoms with E-state index in [-0.39, 0.29) is 25.5 Å². The summed E-state index contributed by atoms with van der Waals surface area (Å²) in [6, 6.07) is -0.517. The fourth-order valence-corrected chi connectivity index (χ4v) is 3.84. The van der Waals surface area contributed by atoms with Crippen molar-refractivity contribution in [2.75, 3.05) is 6.61 Å². The van der Waals surface area contributed by atoms with Crippen LogP contribution in [0.5, 0.6) is 5.75 Å². The Kier molecular flexibility index (Phi) is 16.1. The van der Waals surface area contributed by atoms with Crippen molar-refractivity contribution in [3.05, 3.63) is 35.2 Å². The van der Waals surface area contributed by atoms with Gasteiger partial charge in [0.2, 0.25) is 0 Å². The van der Waals surface area contributed by atoms with E-state index < -0.39 is 12.1 Å². The number of nitrogens with zero attached hydrogens (tertiary/aromatic N) is 1. The van der Waals surface area contributed by atoms with Crippen molar-refractivity contribution in [3.8, 4) is 5.75 Å². The summed E-state index contributed by atoms with van der Waals surface area (Å²) >= 11 is 0. The first-order chi connectivity index (χ1) is 15.5. The number of hydrogen-bond acceptors (Lipinski definition) is 6. The Balaban J connectivity index is 2.22. The molecule has 6 heteroatoms. The maximum absolute atomic E-state index is 10.4. The number of aliphatic hydroxyl groups excluding tert-OH is 3. The molecule has 0 amide bonds. The minimum absolute atomic E-state index is 0.0339. The third-order valence-electron chi connectivity index (χ3n) is 6.07. The quantitative estimate of drug-likeness (QED) is 0.155. The Bertz CT molecular complexity index is 636. The zero-order valence-corrected chi connectivity index (χ0v) is 20.2. The Morgan fingerprint density at radius 1 is 0.969 bits per heavy atom. The average Bonchev–Trinajstić information content (AvgIpc) is 2.80. The minimum atomic E-state index is -0.730. The van der Waals surface area contributed by atoms with Crippen molar-refractivity contribution >= 4 is 0 Å². The molecule has 0 radical (unpaired) electrons. The van der Waals surface area contributed by atoms with Crippen LogP contribution >= 0.6 is 0 Å². The van der Waals surface area contributed by atoms with Crippen molar-refractivity contribution in [2.24, 2.45) is 0 Å². The number of nitrogens with one attached hydrogen (secondary N) is 1. The van der Waals surface area contributed by atoms with Crippen molar-refractivity contribution in [1.82, 2.24) is 10.3 Å². The molecule has 0 fully saturated rings. The van der Waals surface area contributed by atoms with Crippen molar-refractivity contribution in [2.45, 2.75) is 116 Å². The van der Waals surface area contributed by atoms with Crippen LogP contribution in [0.3, 0.4) is 0 Å². The maximum atomic E-state index is 10.4. The summed E-state index contributed by atoms with van der Waals surface area (Å²) in [4.78, 5) is 4.05. The van der Waals surface area contributed by atoms with Gasteiger partial charge < -0.3 is 25.7 Å². The molecule has 6 nitrogen and oxygen atoms in total. The Labute approximate surface area is 194 Å². The summed E-state index contributed by atoms with van der Waals surface area (Å²) in [5.74, 6) is 0.0339. The van der Waals surface area contributed by atoms with E-state index >= 15 is 0 Å². The molecule has 1 rings (SSSR count). The average molecular weight is 451 g/mol. The second kappa shape index (κ2) is 18.0. The lowest BCUT2D eigenvalue weighted by atomic mass is 10.0. The molecular formula is C26H46N2O4. The van der Waals surface area contributed by atoms with E-state index in [2.05, 4.69) is 23.3 Å². The van der Waals surface area contributed by atoms with Gasteiger partial charge in [0.1, 0.15) is 5.75 Å².